The maximum absolute atomic E-state index is 12.0. The molecule has 1 aromatic heterocycles. The maximum atomic E-state index is 12.0. The molecule has 0 aliphatic rings. The number of aromatic nitrogens is 3. The Hall–Kier alpha value is -2.65. The topological polar surface area (TPSA) is 71.2 Å². The molecular formula is C15H16N4O2. The SMILES string of the molecule is CN(Cc1ccc(C#CCO)cc1)C(=O)Cn1cncn1. The van der Waals surface area contributed by atoms with E-state index in [0.29, 0.717) is 6.54 Å². The third-order valence-corrected chi connectivity index (χ3v) is 2.88. The molecule has 6 nitrogen and oxygen atoms in total. The van der Waals surface area contributed by atoms with Crippen LogP contribution in [0.4, 0.5) is 0 Å². The van der Waals surface area contributed by atoms with Crippen molar-refractivity contribution in [1.82, 2.24) is 19.7 Å². The molecule has 0 aliphatic carbocycles. The molecule has 0 atom stereocenters. The summed E-state index contributed by atoms with van der Waals surface area (Å²) in [4.78, 5) is 17.4. The van der Waals surface area contributed by atoms with Crippen LogP contribution in [0.15, 0.2) is 36.9 Å². The van der Waals surface area contributed by atoms with Gasteiger partial charge < -0.3 is 10.0 Å². The fourth-order valence-corrected chi connectivity index (χ4v) is 1.77. The molecule has 0 saturated carbocycles. The molecule has 108 valence electrons. The zero-order valence-corrected chi connectivity index (χ0v) is 11.7. The van der Waals surface area contributed by atoms with Crippen LogP contribution < -0.4 is 0 Å². The lowest BCUT2D eigenvalue weighted by Gasteiger charge is -2.17. The second kappa shape index (κ2) is 7.22. The average Bonchev–Trinajstić information content (AvgIpc) is 2.99. The minimum atomic E-state index is -0.152. The summed E-state index contributed by atoms with van der Waals surface area (Å²) in [6.07, 6.45) is 2.92. The average molecular weight is 284 g/mol. The predicted molar refractivity (Wildman–Crippen MR) is 76.9 cm³/mol. The largest absolute Gasteiger partial charge is 0.384 e. The van der Waals surface area contributed by atoms with Crippen LogP contribution in [-0.4, -0.2) is 44.3 Å². The lowest BCUT2D eigenvalue weighted by molar-refractivity contribution is -0.131. The number of carbonyl (C=O) groups excluding carboxylic acids is 1. The molecule has 1 heterocycles. The highest BCUT2D eigenvalue weighted by atomic mass is 16.2. The second-order valence-electron chi connectivity index (χ2n) is 4.50. The molecule has 21 heavy (non-hydrogen) atoms. The van der Waals surface area contributed by atoms with E-state index in [4.69, 9.17) is 5.11 Å². The number of carbonyl (C=O) groups is 1. The normalized spacial score (nSPS) is 9.81. The number of likely N-dealkylation sites (N-methyl/N-ethyl adjacent to an activating group) is 1. The summed E-state index contributed by atoms with van der Waals surface area (Å²) >= 11 is 0. The molecule has 6 heteroatoms. The first-order chi connectivity index (χ1) is 10.2. The van der Waals surface area contributed by atoms with E-state index in [1.165, 1.54) is 17.3 Å². The molecule has 1 N–H and O–H groups in total. The smallest absolute Gasteiger partial charge is 0.244 e. The number of rotatable bonds is 4. The molecule has 0 unspecified atom stereocenters. The summed E-state index contributed by atoms with van der Waals surface area (Å²) in [5, 5.41) is 12.5. The number of aliphatic hydroxyl groups is 1. The number of hydrogen-bond donors (Lipinski definition) is 1. The Morgan fingerprint density at radius 2 is 2.14 bits per heavy atom. The summed E-state index contributed by atoms with van der Waals surface area (Å²) < 4.78 is 1.49. The molecule has 1 amide bonds. The number of benzene rings is 1. The van der Waals surface area contributed by atoms with Crippen LogP contribution in [0.1, 0.15) is 11.1 Å². The van der Waals surface area contributed by atoms with Gasteiger partial charge in [0.1, 0.15) is 25.8 Å². The van der Waals surface area contributed by atoms with Crippen LogP contribution in [0.5, 0.6) is 0 Å². The van der Waals surface area contributed by atoms with Gasteiger partial charge in [0.05, 0.1) is 0 Å². The molecule has 1 aromatic carbocycles. The van der Waals surface area contributed by atoms with Gasteiger partial charge in [-0.1, -0.05) is 24.0 Å². The molecule has 2 aromatic rings. The molecule has 0 spiro atoms. The summed E-state index contributed by atoms with van der Waals surface area (Å²) in [6, 6.07) is 7.57. The third kappa shape index (κ3) is 4.44. The van der Waals surface area contributed by atoms with Crippen molar-refractivity contribution < 1.29 is 9.90 Å². The van der Waals surface area contributed by atoms with Crippen LogP contribution in [0.25, 0.3) is 0 Å². The zero-order valence-electron chi connectivity index (χ0n) is 11.7. The monoisotopic (exact) mass is 284 g/mol. The number of amides is 1. The van der Waals surface area contributed by atoms with Gasteiger partial charge in [0.25, 0.3) is 0 Å². The van der Waals surface area contributed by atoms with E-state index >= 15 is 0 Å². The minimum absolute atomic E-state index is 0.0374. The van der Waals surface area contributed by atoms with Crippen molar-refractivity contribution in [3.05, 3.63) is 48.0 Å². The molecule has 0 radical (unpaired) electrons. The first-order valence-electron chi connectivity index (χ1n) is 6.44. The third-order valence-electron chi connectivity index (χ3n) is 2.88. The molecule has 0 fully saturated rings. The standard InChI is InChI=1S/C15H16N4O2/c1-18(15(21)10-19-12-16-11-17-19)9-14-6-4-13(5-7-14)3-2-8-20/h4-7,11-12,20H,8-10H2,1H3. The fraction of sp³-hybridized carbons (Fsp3) is 0.267. The van der Waals surface area contributed by atoms with Crippen molar-refractivity contribution in [2.24, 2.45) is 0 Å². The van der Waals surface area contributed by atoms with Crippen molar-refractivity contribution >= 4 is 5.91 Å². The number of hydrogen-bond acceptors (Lipinski definition) is 4. The van der Waals surface area contributed by atoms with Crippen LogP contribution in [0.3, 0.4) is 0 Å². The van der Waals surface area contributed by atoms with Crippen LogP contribution in [-0.2, 0) is 17.9 Å². The van der Waals surface area contributed by atoms with E-state index in [2.05, 4.69) is 21.9 Å². The highest BCUT2D eigenvalue weighted by Gasteiger charge is 2.10. The quantitative estimate of drug-likeness (QED) is 0.819. The van der Waals surface area contributed by atoms with E-state index in [0.717, 1.165) is 11.1 Å². The lowest BCUT2D eigenvalue weighted by atomic mass is 10.1. The van der Waals surface area contributed by atoms with Crippen LogP contribution in [0.2, 0.25) is 0 Å². The zero-order chi connectivity index (χ0) is 15.1. The second-order valence-corrected chi connectivity index (χ2v) is 4.50. The highest BCUT2D eigenvalue weighted by Crippen LogP contribution is 2.06. The number of nitrogens with zero attached hydrogens (tertiary/aromatic N) is 4. The molecule has 0 saturated heterocycles. The Morgan fingerprint density at radius 3 is 2.76 bits per heavy atom. The van der Waals surface area contributed by atoms with E-state index < -0.39 is 0 Å². The summed E-state index contributed by atoms with van der Waals surface area (Å²) in [6.45, 7) is 0.541. The Labute approximate surface area is 123 Å². The van der Waals surface area contributed by atoms with E-state index in [-0.39, 0.29) is 19.1 Å². The first kappa shape index (κ1) is 14.8. The van der Waals surface area contributed by atoms with Crippen LogP contribution >= 0.6 is 0 Å². The Morgan fingerprint density at radius 1 is 1.38 bits per heavy atom. The van der Waals surface area contributed by atoms with Crippen molar-refractivity contribution in [2.45, 2.75) is 13.1 Å². The predicted octanol–water partition coefficient (Wildman–Crippen LogP) is 0.281. The van der Waals surface area contributed by atoms with Gasteiger partial charge in [-0.25, -0.2) is 9.67 Å². The molecule has 0 aliphatic heterocycles. The van der Waals surface area contributed by atoms with Crippen molar-refractivity contribution in [1.29, 1.82) is 0 Å². The van der Waals surface area contributed by atoms with Gasteiger partial charge in [-0.15, -0.1) is 0 Å². The minimum Gasteiger partial charge on any atom is -0.384 e. The first-order valence-corrected chi connectivity index (χ1v) is 6.44. The van der Waals surface area contributed by atoms with Gasteiger partial charge in [-0.3, -0.25) is 4.79 Å². The lowest BCUT2D eigenvalue weighted by Crippen LogP contribution is -2.29. The summed E-state index contributed by atoms with van der Waals surface area (Å²) in [5.74, 6) is 5.38. The van der Waals surface area contributed by atoms with Crippen molar-refractivity contribution in [2.75, 3.05) is 13.7 Å². The van der Waals surface area contributed by atoms with Crippen molar-refractivity contribution in [3.63, 3.8) is 0 Å². The van der Waals surface area contributed by atoms with Gasteiger partial charge in [0, 0.05) is 19.2 Å². The Kier molecular flexibility index (Phi) is 5.07. The van der Waals surface area contributed by atoms with E-state index in [9.17, 15) is 4.79 Å². The Bertz CT molecular complexity index is 639. The highest BCUT2D eigenvalue weighted by molar-refractivity contribution is 5.75. The fourth-order valence-electron chi connectivity index (χ4n) is 1.77. The van der Waals surface area contributed by atoms with Gasteiger partial charge >= 0.3 is 0 Å². The van der Waals surface area contributed by atoms with Crippen LogP contribution in [0, 0.1) is 11.8 Å². The summed E-state index contributed by atoms with van der Waals surface area (Å²) in [5.41, 5.74) is 1.85. The van der Waals surface area contributed by atoms with Gasteiger partial charge in [-0.2, -0.15) is 5.10 Å². The maximum Gasteiger partial charge on any atom is 0.244 e. The molecular weight excluding hydrogens is 268 g/mol. The number of aliphatic hydroxyl groups excluding tert-OH is 1. The molecule has 2 rings (SSSR count). The van der Waals surface area contributed by atoms with Crippen molar-refractivity contribution in [3.8, 4) is 11.8 Å². The van der Waals surface area contributed by atoms with Gasteiger partial charge in [0.2, 0.25) is 5.91 Å². The van der Waals surface area contributed by atoms with Gasteiger partial charge in [-0.05, 0) is 17.7 Å². The van der Waals surface area contributed by atoms with Gasteiger partial charge in [0.15, 0.2) is 0 Å². The summed E-state index contributed by atoms with van der Waals surface area (Å²) in [7, 11) is 1.75. The molecule has 0 bridgehead atoms. The Balaban J connectivity index is 1.92. The van der Waals surface area contributed by atoms with E-state index in [1.54, 1.807) is 11.9 Å². The van der Waals surface area contributed by atoms with E-state index in [1.807, 2.05) is 24.3 Å².